The third-order valence-corrected chi connectivity index (χ3v) is 4.98. The van der Waals surface area contributed by atoms with Crippen LogP contribution < -0.4 is 5.32 Å². The molecule has 2 aromatic rings. The van der Waals surface area contributed by atoms with Gasteiger partial charge in [0.15, 0.2) is 11.5 Å². The summed E-state index contributed by atoms with van der Waals surface area (Å²) >= 11 is 0. The second kappa shape index (κ2) is 8.05. The minimum absolute atomic E-state index is 0.0603. The van der Waals surface area contributed by atoms with Crippen molar-refractivity contribution in [3.05, 3.63) is 29.7 Å². The fraction of sp³-hybridized carbons (Fsp3) is 0.611. The smallest absolute Gasteiger partial charge is 0.349 e. The number of nitrogens with one attached hydrogen (secondary N) is 1. The van der Waals surface area contributed by atoms with Crippen LogP contribution in [0.25, 0.3) is 5.65 Å². The Morgan fingerprint density at radius 2 is 1.96 bits per heavy atom. The van der Waals surface area contributed by atoms with Gasteiger partial charge in [-0.25, -0.2) is 0 Å². The number of fused-ring (bicyclic) bond motifs is 1. The van der Waals surface area contributed by atoms with Crippen molar-refractivity contribution in [1.82, 2.24) is 19.9 Å². The lowest BCUT2D eigenvalue weighted by Gasteiger charge is -2.21. The third-order valence-electron chi connectivity index (χ3n) is 4.98. The molecule has 26 heavy (non-hydrogen) atoms. The van der Waals surface area contributed by atoms with Crippen LogP contribution in [0.15, 0.2) is 18.3 Å². The molecule has 1 saturated carbocycles. The molecule has 0 radical (unpaired) electrons. The maximum Gasteiger partial charge on any atom is 0.417 e. The Kier molecular flexibility index (Phi) is 5.78. The van der Waals surface area contributed by atoms with E-state index in [1.165, 1.54) is 42.6 Å². The quantitative estimate of drug-likeness (QED) is 0.835. The lowest BCUT2D eigenvalue weighted by atomic mass is 9.86. The molecule has 5 nitrogen and oxygen atoms in total. The molecule has 1 fully saturated rings. The van der Waals surface area contributed by atoms with Gasteiger partial charge in [-0.3, -0.25) is 9.20 Å². The van der Waals surface area contributed by atoms with Gasteiger partial charge in [0.25, 0.3) is 0 Å². The number of alkyl halides is 3. The highest BCUT2D eigenvalue weighted by Gasteiger charge is 2.31. The highest BCUT2D eigenvalue weighted by molar-refractivity contribution is 5.75. The Hall–Kier alpha value is -2.12. The Morgan fingerprint density at radius 3 is 2.69 bits per heavy atom. The lowest BCUT2D eigenvalue weighted by Crippen LogP contribution is -2.24. The molecule has 0 bridgehead atoms. The van der Waals surface area contributed by atoms with Gasteiger partial charge in [-0.15, -0.1) is 10.2 Å². The van der Waals surface area contributed by atoms with Crippen molar-refractivity contribution in [2.24, 2.45) is 5.92 Å². The number of hydrogen-bond donors (Lipinski definition) is 1. The van der Waals surface area contributed by atoms with Gasteiger partial charge in [0.05, 0.1) is 12.1 Å². The summed E-state index contributed by atoms with van der Waals surface area (Å²) in [5, 5.41) is 10.4. The molecule has 0 aliphatic heterocycles. The first-order valence-electron chi connectivity index (χ1n) is 9.11. The second-order valence-electron chi connectivity index (χ2n) is 6.93. The Morgan fingerprint density at radius 1 is 1.19 bits per heavy atom. The molecular formula is C18H23F3N4O. The van der Waals surface area contributed by atoms with Crippen molar-refractivity contribution in [3.8, 4) is 0 Å². The molecule has 8 heteroatoms. The SMILES string of the molecule is O=C(CCCC1CCCCC1)NCc1nnc2ccc(C(F)(F)F)cn12. The molecule has 1 aliphatic rings. The largest absolute Gasteiger partial charge is 0.417 e. The van der Waals surface area contributed by atoms with E-state index in [2.05, 4.69) is 15.5 Å². The van der Waals surface area contributed by atoms with Crippen LogP contribution in [0.2, 0.25) is 0 Å². The Balaban J connectivity index is 1.51. The van der Waals surface area contributed by atoms with Crippen LogP contribution in [-0.2, 0) is 17.5 Å². The highest BCUT2D eigenvalue weighted by Crippen LogP contribution is 2.29. The van der Waals surface area contributed by atoms with Crippen molar-refractivity contribution >= 4 is 11.6 Å². The summed E-state index contributed by atoms with van der Waals surface area (Å²) in [7, 11) is 0. The summed E-state index contributed by atoms with van der Waals surface area (Å²) < 4.78 is 39.8. The maximum absolute atomic E-state index is 12.8. The maximum atomic E-state index is 12.8. The van der Waals surface area contributed by atoms with Crippen molar-refractivity contribution in [3.63, 3.8) is 0 Å². The summed E-state index contributed by atoms with van der Waals surface area (Å²) in [6.07, 6.45) is 5.28. The number of halogens is 3. The first kappa shape index (κ1) is 18.7. The van der Waals surface area contributed by atoms with Crippen LogP contribution in [0.4, 0.5) is 13.2 Å². The summed E-state index contributed by atoms with van der Waals surface area (Å²) in [5.74, 6) is 0.911. The summed E-state index contributed by atoms with van der Waals surface area (Å²) in [6.45, 7) is 0.0603. The molecule has 1 amide bonds. The van der Waals surface area contributed by atoms with Gasteiger partial charge in [-0.1, -0.05) is 32.1 Å². The van der Waals surface area contributed by atoms with E-state index < -0.39 is 11.7 Å². The number of carbonyl (C=O) groups is 1. The van der Waals surface area contributed by atoms with Gasteiger partial charge >= 0.3 is 6.18 Å². The monoisotopic (exact) mass is 368 g/mol. The van der Waals surface area contributed by atoms with Gasteiger partial charge in [0.2, 0.25) is 5.91 Å². The van der Waals surface area contributed by atoms with Crippen molar-refractivity contribution in [2.45, 2.75) is 64.1 Å². The standard InChI is InChI=1S/C18H23F3N4O/c19-18(20,21)14-9-10-15-23-24-16(25(15)12-14)11-22-17(26)8-4-7-13-5-2-1-3-6-13/h9-10,12-13H,1-8,11H2,(H,22,26). The normalized spacial score (nSPS) is 16.1. The average molecular weight is 368 g/mol. The zero-order valence-corrected chi connectivity index (χ0v) is 14.6. The van der Waals surface area contributed by atoms with E-state index in [4.69, 9.17) is 0 Å². The topological polar surface area (TPSA) is 59.3 Å². The first-order chi connectivity index (χ1) is 12.4. The number of rotatable bonds is 6. The van der Waals surface area contributed by atoms with Gasteiger partial charge < -0.3 is 5.32 Å². The molecule has 1 aliphatic carbocycles. The van der Waals surface area contributed by atoms with Gasteiger partial charge in [0, 0.05) is 12.6 Å². The zero-order chi connectivity index (χ0) is 18.6. The molecule has 0 saturated heterocycles. The molecule has 2 aromatic heterocycles. The molecule has 0 atom stereocenters. The van der Waals surface area contributed by atoms with E-state index in [9.17, 15) is 18.0 Å². The molecular weight excluding hydrogens is 345 g/mol. The van der Waals surface area contributed by atoms with Crippen LogP contribution in [0.5, 0.6) is 0 Å². The van der Waals surface area contributed by atoms with E-state index >= 15 is 0 Å². The van der Waals surface area contributed by atoms with Crippen LogP contribution >= 0.6 is 0 Å². The van der Waals surface area contributed by atoms with Crippen LogP contribution in [0.3, 0.4) is 0 Å². The molecule has 142 valence electrons. The van der Waals surface area contributed by atoms with E-state index in [1.54, 1.807) is 0 Å². The van der Waals surface area contributed by atoms with Crippen molar-refractivity contribution in [1.29, 1.82) is 0 Å². The van der Waals surface area contributed by atoms with Crippen LogP contribution in [0.1, 0.15) is 62.8 Å². The summed E-state index contributed by atoms with van der Waals surface area (Å²) in [6, 6.07) is 2.24. The fourth-order valence-corrected chi connectivity index (χ4v) is 3.52. The van der Waals surface area contributed by atoms with Crippen LogP contribution in [0, 0.1) is 5.92 Å². The molecule has 0 spiro atoms. The second-order valence-corrected chi connectivity index (χ2v) is 6.93. The average Bonchev–Trinajstić information content (AvgIpc) is 3.02. The molecule has 0 aromatic carbocycles. The number of carbonyl (C=O) groups excluding carboxylic acids is 1. The number of hydrogen-bond acceptors (Lipinski definition) is 3. The molecule has 1 N–H and O–H groups in total. The lowest BCUT2D eigenvalue weighted by molar-refractivity contribution is -0.137. The molecule has 2 heterocycles. The van der Waals surface area contributed by atoms with Gasteiger partial charge in [0.1, 0.15) is 0 Å². The number of aromatic nitrogens is 3. The zero-order valence-electron chi connectivity index (χ0n) is 14.6. The first-order valence-corrected chi connectivity index (χ1v) is 9.11. The highest BCUT2D eigenvalue weighted by atomic mass is 19.4. The van der Waals surface area contributed by atoms with Crippen molar-refractivity contribution < 1.29 is 18.0 Å². The fourth-order valence-electron chi connectivity index (χ4n) is 3.52. The Labute approximate surface area is 150 Å². The molecule has 3 rings (SSSR count). The van der Waals surface area contributed by atoms with E-state index in [0.29, 0.717) is 12.1 Å². The minimum Gasteiger partial charge on any atom is -0.349 e. The number of pyridine rings is 1. The summed E-state index contributed by atoms with van der Waals surface area (Å²) in [5.41, 5.74) is -0.454. The number of amides is 1. The predicted octanol–water partition coefficient (Wildman–Crippen LogP) is 4.11. The van der Waals surface area contributed by atoms with E-state index in [-0.39, 0.29) is 18.3 Å². The van der Waals surface area contributed by atoms with Crippen LogP contribution in [-0.4, -0.2) is 20.5 Å². The van der Waals surface area contributed by atoms with E-state index in [1.807, 2.05) is 0 Å². The third kappa shape index (κ3) is 4.74. The minimum atomic E-state index is -4.43. The van der Waals surface area contributed by atoms with Gasteiger partial charge in [-0.2, -0.15) is 13.2 Å². The summed E-state index contributed by atoms with van der Waals surface area (Å²) in [4.78, 5) is 12.0. The number of nitrogens with zero attached hydrogens (tertiary/aromatic N) is 3. The molecule has 0 unspecified atom stereocenters. The Bertz CT molecular complexity index is 750. The van der Waals surface area contributed by atoms with E-state index in [0.717, 1.165) is 31.0 Å². The predicted molar refractivity (Wildman–Crippen MR) is 90.3 cm³/mol. The van der Waals surface area contributed by atoms with Crippen molar-refractivity contribution in [2.75, 3.05) is 0 Å². The van der Waals surface area contributed by atoms with Gasteiger partial charge in [-0.05, 0) is 30.9 Å².